The van der Waals surface area contributed by atoms with Crippen molar-refractivity contribution in [2.45, 2.75) is 0 Å². The van der Waals surface area contributed by atoms with E-state index in [1.54, 1.807) is 0 Å². The summed E-state index contributed by atoms with van der Waals surface area (Å²) in [6.45, 7) is 0. The molecule has 0 spiro atoms. The third kappa shape index (κ3) is 2.09. The quantitative estimate of drug-likeness (QED) is 0.386. The molecule has 1 heterocycles. The van der Waals surface area contributed by atoms with Gasteiger partial charge in [0.1, 0.15) is 0 Å². The molecule has 1 aromatic heterocycles. The number of rotatable bonds is 1. The summed E-state index contributed by atoms with van der Waals surface area (Å²) in [7, 11) is 0. The van der Waals surface area contributed by atoms with Crippen LogP contribution in [0, 0.1) is 12.0 Å². The Morgan fingerprint density at radius 2 is 2.25 bits per heavy atom. The van der Waals surface area contributed by atoms with E-state index in [1.165, 1.54) is 0 Å². The lowest BCUT2D eigenvalue weighted by molar-refractivity contribution is 0.222. The fraction of sp³-hybridized carbons (Fsp3) is 0. The zero-order chi connectivity index (χ0) is 9.14. The van der Waals surface area contributed by atoms with E-state index >= 15 is 0 Å². The van der Waals surface area contributed by atoms with Gasteiger partial charge in [-0.2, -0.15) is 13.8 Å². The first-order valence-electron chi connectivity index (χ1n) is 2.65. The zero-order valence-corrected chi connectivity index (χ0v) is 6.18. The minimum atomic E-state index is -1.28. The van der Waals surface area contributed by atoms with Gasteiger partial charge in [-0.1, -0.05) is 0 Å². The molecule has 0 radical (unpaired) electrons. The van der Waals surface area contributed by atoms with Gasteiger partial charge in [0.05, 0.1) is 6.20 Å². The first kappa shape index (κ1) is 8.79. The highest BCUT2D eigenvalue weighted by Crippen LogP contribution is 2.13. The first-order chi connectivity index (χ1) is 5.59. The van der Waals surface area contributed by atoms with E-state index in [-0.39, 0.29) is 0 Å². The number of hydrogen-bond acceptors (Lipinski definition) is 4. The first-order valence-corrected chi connectivity index (χ1v) is 3.02. The monoisotopic (exact) mass is 194 g/mol. The molecule has 0 aliphatic rings. The van der Waals surface area contributed by atoms with Crippen molar-refractivity contribution in [1.82, 2.24) is 9.97 Å². The van der Waals surface area contributed by atoms with Crippen LogP contribution in [0.4, 0.5) is 13.6 Å². The predicted molar refractivity (Wildman–Crippen MR) is 33.8 cm³/mol. The Hall–Kier alpha value is -1.30. The highest BCUT2D eigenvalue weighted by Gasteiger charge is 2.10. The van der Waals surface area contributed by atoms with Gasteiger partial charge in [-0.25, -0.2) is 9.78 Å². The third-order valence-electron chi connectivity index (χ3n) is 0.872. The minimum Gasteiger partial charge on any atom is -0.408 e. The Morgan fingerprint density at radius 3 is 2.75 bits per heavy atom. The SMILES string of the molecule is O=C(Cl)Oc1cnc(F)nc1F. The van der Waals surface area contributed by atoms with Crippen molar-refractivity contribution < 1.29 is 18.3 Å². The molecule has 0 aliphatic heterocycles. The van der Waals surface area contributed by atoms with Crippen molar-refractivity contribution in [2.24, 2.45) is 0 Å². The summed E-state index contributed by atoms with van der Waals surface area (Å²) in [5.74, 6) is -1.90. The van der Waals surface area contributed by atoms with E-state index in [2.05, 4.69) is 14.7 Å². The number of hydrogen-bond donors (Lipinski definition) is 0. The van der Waals surface area contributed by atoms with Crippen LogP contribution in [-0.2, 0) is 0 Å². The van der Waals surface area contributed by atoms with Gasteiger partial charge in [0, 0.05) is 11.6 Å². The van der Waals surface area contributed by atoms with Crippen molar-refractivity contribution >= 4 is 17.0 Å². The molecule has 64 valence electrons. The third-order valence-corrected chi connectivity index (χ3v) is 0.949. The van der Waals surface area contributed by atoms with Crippen LogP contribution in [0.15, 0.2) is 6.20 Å². The van der Waals surface area contributed by atoms with Crippen molar-refractivity contribution in [1.29, 1.82) is 0 Å². The van der Waals surface area contributed by atoms with E-state index < -0.39 is 23.2 Å². The van der Waals surface area contributed by atoms with Gasteiger partial charge >= 0.3 is 11.5 Å². The van der Waals surface area contributed by atoms with Gasteiger partial charge in [0.2, 0.25) is 5.75 Å². The maximum atomic E-state index is 12.5. The van der Waals surface area contributed by atoms with Crippen molar-refractivity contribution in [2.75, 3.05) is 0 Å². The molecule has 0 aromatic carbocycles. The Bertz CT molecular complexity index is 320. The zero-order valence-electron chi connectivity index (χ0n) is 5.42. The largest absolute Gasteiger partial charge is 0.409 e. The number of carbonyl (C=O) groups excluding carboxylic acids is 1. The molecular formula is C5HClF2N2O2. The molecule has 12 heavy (non-hydrogen) atoms. The predicted octanol–water partition coefficient (Wildman–Crippen LogP) is 1.49. The molecule has 0 saturated heterocycles. The Kier molecular flexibility index (Phi) is 2.49. The normalized spacial score (nSPS) is 9.58. The number of aromatic nitrogens is 2. The summed E-state index contributed by atoms with van der Waals surface area (Å²) in [5, 5.41) is 0. The fourth-order valence-electron chi connectivity index (χ4n) is 0.485. The maximum absolute atomic E-state index is 12.5. The van der Waals surface area contributed by atoms with Gasteiger partial charge in [-0.05, 0) is 0 Å². The highest BCUT2D eigenvalue weighted by molar-refractivity contribution is 6.61. The van der Waals surface area contributed by atoms with E-state index in [9.17, 15) is 13.6 Å². The van der Waals surface area contributed by atoms with E-state index in [0.29, 0.717) is 6.20 Å². The van der Waals surface area contributed by atoms with Crippen LogP contribution >= 0.6 is 11.6 Å². The Morgan fingerprint density at radius 1 is 1.58 bits per heavy atom. The number of halogens is 3. The second-order valence-corrected chi connectivity index (χ2v) is 1.94. The molecule has 0 amide bonds. The smallest absolute Gasteiger partial charge is 0.408 e. The van der Waals surface area contributed by atoms with Crippen LogP contribution < -0.4 is 4.74 Å². The van der Waals surface area contributed by atoms with Gasteiger partial charge < -0.3 is 4.74 Å². The molecule has 0 aliphatic carbocycles. The molecule has 1 aromatic rings. The average Bonchev–Trinajstić information content (AvgIpc) is 1.94. The van der Waals surface area contributed by atoms with Gasteiger partial charge in [-0.15, -0.1) is 0 Å². The van der Waals surface area contributed by atoms with Crippen LogP contribution in [-0.4, -0.2) is 15.4 Å². The fourth-order valence-corrected chi connectivity index (χ4v) is 0.568. The molecule has 0 atom stereocenters. The van der Waals surface area contributed by atoms with Gasteiger partial charge in [0.25, 0.3) is 5.95 Å². The average molecular weight is 195 g/mol. The number of nitrogens with zero attached hydrogens (tertiary/aromatic N) is 2. The minimum absolute atomic E-state index is 0.614. The van der Waals surface area contributed by atoms with Crippen LogP contribution in [0.5, 0.6) is 5.75 Å². The van der Waals surface area contributed by atoms with E-state index in [4.69, 9.17) is 11.6 Å². The molecule has 0 unspecified atom stereocenters. The van der Waals surface area contributed by atoms with E-state index in [1.807, 2.05) is 0 Å². The van der Waals surface area contributed by atoms with Crippen molar-refractivity contribution in [3.8, 4) is 5.75 Å². The Labute approximate surface area is 70.1 Å². The molecule has 0 saturated carbocycles. The van der Waals surface area contributed by atoms with Crippen LogP contribution in [0.3, 0.4) is 0 Å². The van der Waals surface area contributed by atoms with E-state index in [0.717, 1.165) is 0 Å². The lowest BCUT2D eigenvalue weighted by Crippen LogP contribution is -2.02. The summed E-state index contributed by atoms with van der Waals surface area (Å²) in [4.78, 5) is 15.7. The Balaban J connectivity index is 2.93. The molecule has 4 nitrogen and oxygen atoms in total. The number of ether oxygens (including phenoxy) is 1. The second-order valence-electron chi connectivity index (χ2n) is 1.63. The summed E-state index contributed by atoms with van der Waals surface area (Å²) < 4.78 is 28.6. The summed E-state index contributed by atoms with van der Waals surface area (Å²) in [6.07, 6.45) is -0.584. The standard InChI is InChI=1S/C5HClF2N2O2/c6-4(11)12-2-1-9-5(8)10-3(2)7/h1H. The van der Waals surface area contributed by atoms with Crippen LogP contribution in [0.2, 0.25) is 0 Å². The molecule has 0 bridgehead atoms. The van der Waals surface area contributed by atoms with Crippen LogP contribution in [0.1, 0.15) is 0 Å². The van der Waals surface area contributed by atoms with Crippen LogP contribution in [0.25, 0.3) is 0 Å². The lowest BCUT2D eigenvalue weighted by Gasteiger charge is -1.97. The maximum Gasteiger partial charge on any atom is 0.409 e. The molecular weight excluding hydrogens is 194 g/mol. The molecule has 1 rings (SSSR count). The molecule has 7 heteroatoms. The van der Waals surface area contributed by atoms with Gasteiger partial charge in [-0.3, -0.25) is 0 Å². The van der Waals surface area contributed by atoms with Crippen molar-refractivity contribution in [3.63, 3.8) is 0 Å². The summed E-state index contributed by atoms with van der Waals surface area (Å²) in [6, 6.07) is 0. The number of carbonyl (C=O) groups is 1. The molecule has 0 fully saturated rings. The summed E-state index contributed by atoms with van der Waals surface area (Å²) in [5.41, 5.74) is -1.25. The lowest BCUT2D eigenvalue weighted by atomic mass is 10.6. The second kappa shape index (κ2) is 3.40. The highest BCUT2D eigenvalue weighted by atomic mass is 35.5. The molecule has 0 N–H and O–H groups in total. The topological polar surface area (TPSA) is 52.1 Å². The summed E-state index contributed by atoms with van der Waals surface area (Å²) >= 11 is 4.75. The van der Waals surface area contributed by atoms with Crippen molar-refractivity contribution in [3.05, 3.63) is 18.2 Å². The van der Waals surface area contributed by atoms with Gasteiger partial charge in [0.15, 0.2) is 0 Å².